The molecule has 4 heteroatoms. The van der Waals surface area contributed by atoms with E-state index in [0.717, 1.165) is 0 Å². The average Bonchev–Trinajstić information content (AvgIpc) is 2.15. The first kappa shape index (κ1) is 12.5. The molecule has 4 nitrogen and oxygen atoms in total. The Morgan fingerprint density at radius 3 is 2.50 bits per heavy atom. The van der Waals surface area contributed by atoms with Crippen molar-refractivity contribution in [3.05, 3.63) is 29.3 Å². The van der Waals surface area contributed by atoms with Crippen molar-refractivity contribution < 1.29 is 19.7 Å². The van der Waals surface area contributed by atoms with E-state index < -0.39 is 11.6 Å². The van der Waals surface area contributed by atoms with Gasteiger partial charge >= 0.3 is 5.97 Å². The van der Waals surface area contributed by atoms with Gasteiger partial charge in [-0.05, 0) is 38.5 Å². The summed E-state index contributed by atoms with van der Waals surface area (Å²) in [7, 11) is 0. The van der Waals surface area contributed by atoms with Crippen LogP contribution in [0.4, 0.5) is 0 Å². The highest BCUT2D eigenvalue weighted by atomic mass is 16.6. The van der Waals surface area contributed by atoms with Crippen LogP contribution in [0.5, 0.6) is 5.75 Å². The van der Waals surface area contributed by atoms with Gasteiger partial charge in [0.2, 0.25) is 0 Å². The number of carbonyl (C=O) groups excluding carboxylic acids is 1. The van der Waals surface area contributed by atoms with E-state index in [-0.39, 0.29) is 17.9 Å². The Balaban J connectivity index is 2.98. The molecule has 0 atom stereocenters. The van der Waals surface area contributed by atoms with E-state index in [1.807, 2.05) is 0 Å². The summed E-state index contributed by atoms with van der Waals surface area (Å²) in [5, 5.41) is 18.4. The number of esters is 1. The lowest BCUT2D eigenvalue weighted by Gasteiger charge is -2.19. The average molecular weight is 224 g/mol. The summed E-state index contributed by atoms with van der Waals surface area (Å²) in [6, 6.07) is 4.33. The Morgan fingerprint density at radius 1 is 1.38 bits per heavy atom. The second-order valence-corrected chi connectivity index (χ2v) is 4.51. The molecule has 0 saturated carbocycles. The molecule has 1 rings (SSSR count). The van der Waals surface area contributed by atoms with Crippen LogP contribution in [-0.4, -0.2) is 21.8 Å². The van der Waals surface area contributed by atoms with Crippen LogP contribution in [0.15, 0.2) is 18.2 Å². The molecule has 0 heterocycles. The minimum Gasteiger partial charge on any atom is -0.507 e. The smallest absolute Gasteiger partial charge is 0.342 e. The number of carbonyl (C=O) groups is 1. The predicted octanol–water partition coefficient (Wildman–Crippen LogP) is 1.84. The van der Waals surface area contributed by atoms with Crippen LogP contribution in [0.3, 0.4) is 0 Å². The van der Waals surface area contributed by atoms with Crippen LogP contribution in [0.2, 0.25) is 0 Å². The Labute approximate surface area is 94.5 Å². The van der Waals surface area contributed by atoms with Crippen molar-refractivity contribution in [1.29, 1.82) is 0 Å². The minimum atomic E-state index is -0.612. The SMILES string of the molecule is CC(C)(C)OC(=O)c1cc(CO)ccc1O. The number of aromatic hydroxyl groups is 1. The molecule has 0 aliphatic carbocycles. The zero-order chi connectivity index (χ0) is 12.3. The number of ether oxygens (including phenoxy) is 1. The largest absolute Gasteiger partial charge is 0.507 e. The quantitative estimate of drug-likeness (QED) is 0.752. The monoisotopic (exact) mass is 224 g/mol. The predicted molar refractivity (Wildman–Crippen MR) is 59.2 cm³/mol. The van der Waals surface area contributed by atoms with Gasteiger partial charge in [0.15, 0.2) is 0 Å². The van der Waals surface area contributed by atoms with Gasteiger partial charge in [-0.2, -0.15) is 0 Å². The van der Waals surface area contributed by atoms with Crippen molar-refractivity contribution in [2.24, 2.45) is 0 Å². The van der Waals surface area contributed by atoms with Gasteiger partial charge < -0.3 is 14.9 Å². The molecular formula is C12H16O4. The van der Waals surface area contributed by atoms with Gasteiger partial charge in [0.1, 0.15) is 16.9 Å². The van der Waals surface area contributed by atoms with E-state index in [1.54, 1.807) is 26.8 Å². The molecular weight excluding hydrogens is 208 g/mol. The van der Waals surface area contributed by atoms with E-state index >= 15 is 0 Å². The fraction of sp³-hybridized carbons (Fsp3) is 0.417. The first-order valence-electron chi connectivity index (χ1n) is 4.99. The van der Waals surface area contributed by atoms with E-state index in [2.05, 4.69) is 0 Å². The second-order valence-electron chi connectivity index (χ2n) is 4.51. The number of rotatable bonds is 2. The molecule has 0 saturated heterocycles. The lowest BCUT2D eigenvalue weighted by atomic mass is 10.1. The standard InChI is InChI=1S/C12H16O4/c1-12(2,3)16-11(15)9-6-8(7-13)4-5-10(9)14/h4-6,13-14H,7H2,1-3H3. The van der Waals surface area contributed by atoms with Crippen molar-refractivity contribution >= 4 is 5.97 Å². The summed E-state index contributed by atoms with van der Waals surface area (Å²) < 4.78 is 5.12. The Kier molecular flexibility index (Phi) is 3.55. The number of aliphatic hydroxyl groups is 1. The van der Waals surface area contributed by atoms with Crippen LogP contribution in [0.1, 0.15) is 36.7 Å². The topological polar surface area (TPSA) is 66.8 Å². The highest BCUT2D eigenvalue weighted by Crippen LogP contribution is 2.21. The Morgan fingerprint density at radius 2 is 2.00 bits per heavy atom. The van der Waals surface area contributed by atoms with Crippen LogP contribution >= 0.6 is 0 Å². The second kappa shape index (κ2) is 4.53. The van der Waals surface area contributed by atoms with Gasteiger partial charge in [-0.25, -0.2) is 4.79 Å². The molecule has 0 bridgehead atoms. The maximum atomic E-state index is 11.7. The molecule has 0 aliphatic heterocycles. The summed E-state index contributed by atoms with van der Waals surface area (Å²) >= 11 is 0. The van der Waals surface area contributed by atoms with Crippen LogP contribution in [-0.2, 0) is 11.3 Å². The van der Waals surface area contributed by atoms with Crippen LogP contribution in [0, 0.1) is 0 Å². The fourth-order valence-corrected chi connectivity index (χ4v) is 1.18. The highest BCUT2D eigenvalue weighted by molar-refractivity contribution is 5.92. The Hall–Kier alpha value is -1.55. The number of phenols is 1. The van der Waals surface area contributed by atoms with Crippen molar-refractivity contribution in [2.75, 3.05) is 0 Å². The summed E-state index contributed by atoms with van der Waals surface area (Å²) in [5.74, 6) is -0.744. The molecule has 0 unspecified atom stereocenters. The summed E-state index contributed by atoms with van der Waals surface area (Å²) in [4.78, 5) is 11.7. The summed E-state index contributed by atoms with van der Waals surface area (Å²) in [6.45, 7) is 5.06. The van der Waals surface area contributed by atoms with Crippen molar-refractivity contribution in [3.63, 3.8) is 0 Å². The zero-order valence-corrected chi connectivity index (χ0v) is 9.65. The molecule has 1 aromatic rings. The third kappa shape index (κ3) is 3.24. The van der Waals surface area contributed by atoms with E-state index in [1.165, 1.54) is 12.1 Å². The zero-order valence-electron chi connectivity index (χ0n) is 9.65. The number of hydrogen-bond acceptors (Lipinski definition) is 4. The van der Waals surface area contributed by atoms with E-state index in [9.17, 15) is 9.90 Å². The molecule has 0 amide bonds. The molecule has 88 valence electrons. The first-order valence-corrected chi connectivity index (χ1v) is 4.99. The highest BCUT2D eigenvalue weighted by Gasteiger charge is 2.20. The van der Waals surface area contributed by atoms with Crippen molar-refractivity contribution in [2.45, 2.75) is 33.0 Å². The van der Waals surface area contributed by atoms with E-state index in [4.69, 9.17) is 9.84 Å². The minimum absolute atomic E-state index is 0.0708. The normalized spacial score (nSPS) is 11.2. The van der Waals surface area contributed by atoms with Crippen LogP contribution in [0.25, 0.3) is 0 Å². The molecule has 16 heavy (non-hydrogen) atoms. The summed E-state index contributed by atoms with van der Waals surface area (Å²) in [6.07, 6.45) is 0. The van der Waals surface area contributed by atoms with E-state index in [0.29, 0.717) is 5.56 Å². The molecule has 0 aliphatic rings. The first-order chi connectivity index (χ1) is 7.33. The molecule has 0 radical (unpaired) electrons. The number of aliphatic hydroxyl groups excluding tert-OH is 1. The third-order valence-electron chi connectivity index (χ3n) is 1.86. The third-order valence-corrected chi connectivity index (χ3v) is 1.86. The van der Waals surface area contributed by atoms with Crippen molar-refractivity contribution in [1.82, 2.24) is 0 Å². The summed E-state index contributed by atoms with van der Waals surface area (Å²) in [5.41, 5.74) is 0.0128. The van der Waals surface area contributed by atoms with Gasteiger partial charge in [0, 0.05) is 0 Å². The number of benzene rings is 1. The van der Waals surface area contributed by atoms with Crippen molar-refractivity contribution in [3.8, 4) is 5.75 Å². The molecule has 0 fully saturated rings. The molecule has 1 aromatic carbocycles. The fourth-order valence-electron chi connectivity index (χ4n) is 1.18. The lowest BCUT2D eigenvalue weighted by molar-refractivity contribution is 0.00666. The molecule has 2 N–H and O–H groups in total. The van der Waals surface area contributed by atoms with Gasteiger partial charge in [-0.1, -0.05) is 6.07 Å². The maximum absolute atomic E-state index is 11.7. The van der Waals surface area contributed by atoms with Crippen LogP contribution < -0.4 is 0 Å². The number of phenolic OH excluding ortho intramolecular Hbond substituents is 1. The van der Waals surface area contributed by atoms with Gasteiger partial charge in [-0.15, -0.1) is 0 Å². The number of hydrogen-bond donors (Lipinski definition) is 2. The molecule has 0 spiro atoms. The molecule has 0 aromatic heterocycles. The van der Waals surface area contributed by atoms with Gasteiger partial charge in [0.05, 0.1) is 6.61 Å². The van der Waals surface area contributed by atoms with Gasteiger partial charge in [0.25, 0.3) is 0 Å². The maximum Gasteiger partial charge on any atom is 0.342 e. The van der Waals surface area contributed by atoms with Gasteiger partial charge in [-0.3, -0.25) is 0 Å². The lowest BCUT2D eigenvalue weighted by Crippen LogP contribution is -2.24. The Bertz CT molecular complexity index is 390.